The van der Waals surface area contributed by atoms with Crippen molar-refractivity contribution < 1.29 is 9.53 Å². The molecule has 1 spiro atoms. The molecule has 4 fully saturated rings. The van der Waals surface area contributed by atoms with Crippen molar-refractivity contribution in [2.45, 2.75) is 88.0 Å². The zero-order chi connectivity index (χ0) is 27.9. The average Bonchev–Trinajstić information content (AvgIpc) is 3.58. The van der Waals surface area contributed by atoms with Gasteiger partial charge in [-0.2, -0.15) is 0 Å². The first-order valence-corrected chi connectivity index (χ1v) is 16.6. The van der Waals surface area contributed by atoms with Crippen molar-refractivity contribution in [2.24, 2.45) is 11.3 Å². The van der Waals surface area contributed by atoms with Crippen LogP contribution in [0.5, 0.6) is 0 Å². The summed E-state index contributed by atoms with van der Waals surface area (Å²) in [4.78, 5) is 27.3. The van der Waals surface area contributed by atoms with Crippen molar-refractivity contribution in [2.75, 3.05) is 26.2 Å². The Morgan fingerprint density at radius 2 is 1.88 bits per heavy atom. The molecule has 0 saturated carbocycles. The van der Waals surface area contributed by atoms with Crippen LogP contribution in [0.1, 0.15) is 76.3 Å². The van der Waals surface area contributed by atoms with Crippen LogP contribution in [0.2, 0.25) is 0 Å². The molecule has 7 heterocycles. The third-order valence-electron chi connectivity index (χ3n) is 11.9. The number of piperidine rings is 1. The summed E-state index contributed by atoms with van der Waals surface area (Å²) in [6.07, 6.45) is 20.5. The number of ketones is 1. The van der Waals surface area contributed by atoms with Gasteiger partial charge in [-0.25, -0.2) is 0 Å². The number of hydrogen-bond donors (Lipinski definition) is 1. The monoisotopic (exact) mass is 562 g/mol. The number of hydrogen-bond acceptors (Lipinski definition) is 5. The van der Waals surface area contributed by atoms with E-state index in [1.54, 1.807) is 0 Å². The van der Waals surface area contributed by atoms with E-state index in [1.807, 2.05) is 6.20 Å². The summed E-state index contributed by atoms with van der Waals surface area (Å²) < 4.78 is 7.53. The van der Waals surface area contributed by atoms with Crippen LogP contribution in [-0.2, 0) is 9.53 Å². The number of nitrogens with one attached hydrogen (secondary N) is 1. The molecule has 9 rings (SSSR count). The van der Waals surface area contributed by atoms with Crippen molar-refractivity contribution in [1.29, 1.82) is 0 Å². The Bertz CT molecular complexity index is 1640. The predicted molar refractivity (Wildman–Crippen MR) is 166 cm³/mol. The number of rotatable bonds is 1. The molecule has 218 valence electrons. The second kappa shape index (κ2) is 9.35. The molecule has 5 bridgehead atoms. The quantitative estimate of drug-likeness (QED) is 0.338. The van der Waals surface area contributed by atoms with E-state index >= 15 is 0 Å². The first-order chi connectivity index (χ1) is 20.6. The minimum absolute atomic E-state index is 0.0988. The lowest BCUT2D eigenvalue weighted by Gasteiger charge is -2.59. The molecule has 1 N–H and O–H groups in total. The number of carbonyl (C=O) groups excluding carboxylic acids is 1. The Hall–Kier alpha value is -2.80. The van der Waals surface area contributed by atoms with E-state index in [-0.39, 0.29) is 16.7 Å². The molecule has 6 nitrogen and oxygen atoms in total. The molecule has 2 aromatic heterocycles. The lowest BCUT2D eigenvalue weighted by molar-refractivity contribution is -0.180. The maximum Gasteiger partial charge on any atom is 0.133 e. The number of nitrogens with zero attached hydrogens (tertiary/aromatic N) is 3. The zero-order valence-electron chi connectivity index (χ0n) is 24.6. The molecule has 2 unspecified atom stereocenters. The maximum atomic E-state index is 12.8. The van der Waals surface area contributed by atoms with Crippen LogP contribution in [0.4, 0.5) is 0 Å². The summed E-state index contributed by atoms with van der Waals surface area (Å²) in [5.74, 6) is 0.850. The number of aromatic nitrogens is 2. The number of pyridine rings is 1. The maximum absolute atomic E-state index is 12.8. The van der Waals surface area contributed by atoms with E-state index in [2.05, 4.69) is 63.3 Å². The van der Waals surface area contributed by atoms with E-state index in [4.69, 9.17) is 9.72 Å². The molecule has 6 aliphatic rings. The van der Waals surface area contributed by atoms with Crippen LogP contribution in [0.25, 0.3) is 27.4 Å². The van der Waals surface area contributed by atoms with Gasteiger partial charge < -0.3 is 14.6 Å². The minimum atomic E-state index is -0.366. The molecule has 0 amide bonds. The molecule has 6 heteroatoms. The van der Waals surface area contributed by atoms with Gasteiger partial charge in [-0.05, 0) is 101 Å². The number of allylic oxidation sites excluding steroid dienone is 3. The highest BCUT2D eigenvalue weighted by Gasteiger charge is 2.77. The highest BCUT2D eigenvalue weighted by atomic mass is 16.6. The molecule has 42 heavy (non-hydrogen) atoms. The summed E-state index contributed by atoms with van der Waals surface area (Å²) in [6, 6.07) is 11.2. The minimum Gasteiger partial charge on any atom is -0.353 e. The molecule has 5 aliphatic heterocycles. The third-order valence-corrected chi connectivity index (χ3v) is 11.9. The average molecular weight is 563 g/mol. The van der Waals surface area contributed by atoms with E-state index in [0.717, 1.165) is 69.4 Å². The van der Waals surface area contributed by atoms with Gasteiger partial charge in [-0.1, -0.05) is 30.4 Å². The Morgan fingerprint density at radius 3 is 2.86 bits per heavy atom. The number of aromatic amines is 1. The lowest BCUT2D eigenvalue weighted by Crippen LogP contribution is -2.65. The standard InChI is InChI=1S/C36H42N4O2/c41-25-10-9-20-40-33-34-23-36(40,17-13-25)42-35(33)16-7-3-1-2-4-8-19-39(24-34)21-15-29(34)28(22-35)31-32-27(14-18-37-31)26-11-5-6-12-30(26)38-32/h1,3,5-6,11-12,14,18,22,29,33,38H,2,4,7-10,13,15-17,19-21,23-24H2/b3-1-/t29?,33-,34+,35+,36-/m1/s1. The van der Waals surface area contributed by atoms with Crippen LogP contribution in [0.3, 0.4) is 0 Å². The topological polar surface area (TPSA) is 61.5 Å². The summed E-state index contributed by atoms with van der Waals surface area (Å²) in [5.41, 5.74) is 4.28. The number of carbonyl (C=O) groups is 1. The summed E-state index contributed by atoms with van der Waals surface area (Å²) in [6.45, 7) is 4.44. The number of benzene rings is 1. The Balaban J connectivity index is 1.27. The van der Waals surface area contributed by atoms with Gasteiger partial charge in [0.15, 0.2) is 0 Å². The molecule has 1 aliphatic carbocycles. The van der Waals surface area contributed by atoms with Gasteiger partial charge in [0.2, 0.25) is 0 Å². The number of Topliss-reactive ketones (excluding diaryl/α,β-unsaturated/α-hetero) is 1. The van der Waals surface area contributed by atoms with E-state index in [0.29, 0.717) is 30.6 Å². The van der Waals surface area contributed by atoms with Gasteiger partial charge in [0.05, 0.1) is 17.3 Å². The van der Waals surface area contributed by atoms with Crippen LogP contribution in [-0.4, -0.2) is 69.1 Å². The van der Waals surface area contributed by atoms with Crippen molar-refractivity contribution in [3.63, 3.8) is 0 Å². The fourth-order valence-corrected chi connectivity index (χ4v) is 10.5. The predicted octanol–water partition coefficient (Wildman–Crippen LogP) is 6.62. The number of fused-ring (bicyclic) bond motifs is 4. The van der Waals surface area contributed by atoms with Crippen LogP contribution in [0.15, 0.2) is 54.8 Å². The Morgan fingerprint density at radius 1 is 0.952 bits per heavy atom. The van der Waals surface area contributed by atoms with Crippen LogP contribution < -0.4 is 0 Å². The van der Waals surface area contributed by atoms with Crippen molar-refractivity contribution in [1.82, 2.24) is 19.8 Å². The van der Waals surface area contributed by atoms with Crippen molar-refractivity contribution >= 4 is 33.2 Å². The van der Waals surface area contributed by atoms with Gasteiger partial charge in [0, 0.05) is 53.8 Å². The van der Waals surface area contributed by atoms with E-state index in [1.165, 1.54) is 47.7 Å². The van der Waals surface area contributed by atoms with Crippen molar-refractivity contribution in [3.8, 4) is 0 Å². The van der Waals surface area contributed by atoms with E-state index < -0.39 is 0 Å². The number of para-hydroxylation sites is 1. The Kier molecular flexibility index (Phi) is 5.71. The molecule has 1 aromatic carbocycles. The highest BCUT2D eigenvalue weighted by Crippen LogP contribution is 2.70. The summed E-state index contributed by atoms with van der Waals surface area (Å²) >= 11 is 0. The van der Waals surface area contributed by atoms with Gasteiger partial charge >= 0.3 is 0 Å². The van der Waals surface area contributed by atoms with Crippen LogP contribution >= 0.6 is 0 Å². The largest absolute Gasteiger partial charge is 0.353 e. The molecule has 6 atom stereocenters. The highest BCUT2D eigenvalue weighted by molar-refractivity contribution is 6.09. The molecular formula is C36H42N4O2. The fraction of sp³-hybridized carbons (Fsp3) is 0.556. The summed E-state index contributed by atoms with van der Waals surface area (Å²) in [7, 11) is 0. The third kappa shape index (κ3) is 3.55. The number of H-pyrrole nitrogens is 1. The second-order valence-electron chi connectivity index (χ2n) is 14.1. The lowest BCUT2D eigenvalue weighted by atomic mass is 9.53. The molecule has 0 radical (unpaired) electrons. The van der Waals surface area contributed by atoms with Gasteiger partial charge in [-0.3, -0.25) is 14.7 Å². The fourth-order valence-electron chi connectivity index (χ4n) is 10.5. The zero-order valence-corrected chi connectivity index (χ0v) is 24.6. The smallest absolute Gasteiger partial charge is 0.133 e. The number of ether oxygens (including phenoxy) is 1. The van der Waals surface area contributed by atoms with Gasteiger partial charge in [0.25, 0.3) is 0 Å². The van der Waals surface area contributed by atoms with Gasteiger partial charge in [0.1, 0.15) is 17.1 Å². The molecule has 3 aromatic rings. The second-order valence-corrected chi connectivity index (χ2v) is 14.1. The van der Waals surface area contributed by atoms with Crippen LogP contribution in [0, 0.1) is 11.3 Å². The van der Waals surface area contributed by atoms with Gasteiger partial charge in [-0.15, -0.1) is 0 Å². The first-order valence-electron chi connectivity index (χ1n) is 16.6. The first kappa shape index (κ1) is 25.7. The summed E-state index contributed by atoms with van der Waals surface area (Å²) in [5, 5.41) is 2.52. The Labute approximate surface area is 248 Å². The SMILES string of the molecule is O=C1CCCN2[C@@H]3[C@@]45CN6CCCC/C=C\CC[C@@]3(C=C(c3nccc7c3[nH]c3ccccc37)C4CC6)O[C@]2(CC1)C5. The normalized spacial score (nSPS) is 39.2. The molecular weight excluding hydrogens is 520 g/mol. The molecule has 4 saturated heterocycles. The van der Waals surface area contributed by atoms with E-state index in [9.17, 15) is 4.79 Å². The van der Waals surface area contributed by atoms with Crippen molar-refractivity contribution in [3.05, 3.63) is 60.5 Å².